The zero-order chi connectivity index (χ0) is 72.6. The molecule has 0 unspecified atom stereocenters. The Morgan fingerprint density at radius 1 is 0.529 bits per heavy atom. The van der Waals surface area contributed by atoms with E-state index in [0.717, 1.165) is 110 Å². The van der Waals surface area contributed by atoms with Crippen molar-refractivity contribution in [3.63, 3.8) is 0 Å². The van der Waals surface area contributed by atoms with Gasteiger partial charge in [0.1, 0.15) is 11.6 Å². The lowest BCUT2D eigenvalue weighted by Crippen LogP contribution is -2.47. The molecule has 13 rings (SSSR count). The van der Waals surface area contributed by atoms with Gasteiger partial charge in [-0.25, -0.2) is 28.1 Å². The highest BCUT2D eigenvalue weighted by Crippen LogP contribution is 2.35. The van der Waals surface area contributed by atoms with Gasteiger partial charge in [-0.3, -0.25) is 28.9 Å². The van der Waals surface area contributed by atoms with Gasteiger partial charge in [0.2, 0.25) is 5.91 Å². The van der Waals surface area contributed by atoms with E-state index in [2.05, 4.69) is 66.2 Å². The Labute approximate surface area is 608 Å². The van der Waals surface area contributed by atoms with Crippen molar-refractivity contribution in [2.45, 2.75) is 130 Å². The fraction of sp³-hybridized carbons (Fsp3) is 0.338. The molecule has 0 spiro atoms. The van der Waals surface area contributed by atoms with Crippen LogP contribution in [-0.2, 0) is 78.8 Å². The molecule has 3 aliphatic rings. The summed E-state index contributed by atoms with van der Waals surface area (Å²) in [5.74, 6) is -1.71. The molecule has 3 saturated heterocycles. The number of aromatic nitrogens is 6. The number of pyridine rings is 2. The third-order valence-electron chi connectivity index (χ3n) is 19.1. The van der Waals surface area contributed by atoms with Gasteiger partial charge in [-0.1, -0.05) is 74.5 Å². The van der Waals surface area contributed by atoms with Crippen molar-refractivity contribution < 1.29 is 42.2 Å². The molecular formula is C80H87ClF2N14O7. The zero-order valence-corrected chi connectivity index (χ0v) is 59.7. The van der Waals surface area contributed by atoms with E-state index in [1.807, 2.05) is 84.1 Å². The summed E-state index contributed by atoms with van der Waals surface area (Å²) < 4.78 is 44.8. The number of rotatable bonds is 25. The molecule has 0 aliphatic carbocycles. The average Bonchev–Trinajstić information content (AvgIpc) is 1.62. The summed E-state index contributed by atoms with van der Waals surface area (Å²) in [6.07, 6.45) is 8.58. The molecule has 0 saturated carbocycles. The minimum absolute atomic E-state index is 0.000177. The Morgan fingerprint density at radius 3 is 1.38 bits per heavy atom. The van der Waals surface area contributed by atoms with E-state index in [9.17, 15) is 28.4 Å². The lowest BCUT2D eigenvalue weighted by molar-refractivity contribution is -0.124. The molecule has 10 aromatic rings. The number of fused-ring (bicyclic) bond motifs is 2. The lowest BCUT2D eigenvalue weighted by Gasteiger charge is -2.26. The molecule has 24 heteroatoms. The second kappa shape index (κ2) is 34.7. The number of alkyl halides is 1. The van der Waals surface area contributed by atoms with E-state index >= 15 is 4.39 Å². The van der Waals surface area contributed by atoms with Crippen LogP contribution in [0.1, 0.15) is 140 Å². The van der Waals surface area contributed by atoms with E-state index in [4.69, 9.17) is 31.0 Å². The summed E-state index contributed by atoms with van der Waals surface area (Å²) in [6, 6.07) is 38.3. The SMILES string of the molecule is CCc1nc2c(cnn2CC)c(NC2CCOCC2)c1CNC(=O)c1cccc(C(=O)NCc2ccc(F)c(-c3cccc(CCl)c3)c2)c1.CCc1nc2c(cnn2CC)c(NC2CCOCC2)c1CNC(=O)c1cccc(C(=O)NCc2ccc(F)c(-c3cccc(CN4CCNC(=O)C4)c3)c2)c1. The van der Waals surface area contributed by atoms with Crippen molar-refractivity contribution in [2.24, 2.45) is 0 Å². The number of carbonyl (C=O) groups excluding carboxylic acids is 5. The number of ether oxygens (including phenoxy) is 2. The van der Waals surface area contributed by atoms with Gasteiger partial charge in [0.15, 0.2) is 11.3 Å². The maximum atomic E-state index is 15.1. The van der Waals surface area contributed by atoms with E-state index in [1.54, 1.807) is 72.8 Å². The van der Waals surface area contributed by atoms with E-state index < -0.39 is 0 Å². The lowest BCUT2D eigenvalue weighted by atomic mass is 10.00. The van der Waals surface area contributed by atoms with Crippen LogP contribution in [0.15, 0.2) is 146 Å². The Kier molecular flexibility index (Phi) is 24.4. The molecular weight excluding hydrogens is 1340 g/mol. The molecule has 7 heterocycles. The van der Waals surface area contributed by atoms with Crippen molar-refractivity contribution in [1.82, 2.24) is 61.0 Å². The van der Waals surface area contributed by atoms with Gasteiger partial charge in [-0.15, -0.1) is 11.6 Å². The predicted octanol–water partition coefficient (Wildman–Crippen LogP) is 12.2. The van der Waals surface area contributed by atoms with Crippen molar-refractivity contribution in [3.05, 3.63) is 225 Å². The largest absolute Gasteiger partial charge is 0.381 e. The Bertz CT molecular complexity index is 4760. The third kappa shape index (κ3) is 17.8. The fourth-order valence-corrected chi connectivity index (χ4v) is 13.6. The summed E-state index contributed by atoms with van der Waals surface area (Å²) in [4.78, 5) is 77.4. The Balaban J connectivity index is 0.000000197. The minimum Gasteiger partial charge on any atom is -0.381 e. The number of anilines is 2. The molecule has 0 bridgehead atoms. The number of hydrogen-bond acceptors (Lipinski definition) is 14. The van der Waals surface area contributed by atoms with Gasteiger partial charge in [0, 0.05) is 159 Å². The summed E-state index contributed by atoms with van der Waals surface area (Å²) in [7, 11) is 0. The second-order valence-electron chi connectivity index (χ2n) is 26.1. The number of benzene rings is 6. The van der Waals surface area contributed by atoms with Crippen LogP contribution in [-0.4, -0.2) is 122 Å². The summed E-state index contributed by atoms with van der Waals surface area (Å²) in [5, 5.41) is 33.2. The fourth-order valence-electron chi connectivity index (χ4n) is 13.5. The molecule has 21 nitrogen and oxygen atoms in total. The summed E-state index contributed by atoms with van der Waals surface area (Å²) in [5.41, 5.74) is 14.1. The monoisotopic (exact) mass is 1430 g/mol. The standard InChI is InChI=1S/C42H47FN8O4.C38H40ClFN6O3/c1-3-37-34(39(48-32-13-17-55-18-14-32)35-24-47-51(4-2)40(35)49-37)23-46-42(54)31-10-6-9-30(21-31)41(53)45-22-27-11-12-36(43)33(20-27)29-8-5-7-28(19-29)25-50-16-15-44-38(52)26-50;1-3-34-31(35(44-29-13-15-49-16-14-29)32-23-43-46(4-2)36(32)45-34)22-42-38(48)28-10-6-9-27(19-28)37(47)41-21-25-11-12-33(40)30(18-25)26-8-5-7-24(17-26)20-39/h5-12,19-21,24,32H,3-4,13-18,22-23,25-26H2,1-2H3,(H,44,52)(H,45,53)(H,46,54)(H,48,49);5-12,17-19,23,29H,3-4,13-16,20-22H2,1-2H3,(H,41,47)(H,42,48)(H,44,45). The molecule has 7 N–H and O–H groups in total. The molecule has 104 heavy (non-hydrogen) atoms. The number of piperazine rings is 1. The minimum atomic E-state index is -0.368. The Morgan fingerprint density at radius 2 is 0.952 bits per heavy atom. The molecule has 6 aromatic carbocycles. The Hall–Kier alpha value is -10.5. The van der Waals surface area contributed by atoms with Crippen molar-refractivity contribution in [2.75, 3.05) is 56.7 Å². The molecule has 3 fully saturated rings. The number of halogens is 3. The van der Waals surface area contributed by atoms with Crippen LogP contribution < -0.4 is 37.2 Å². The number of amides is 5. The van der Waals surface area contributed by atoms with Gasteiger partial charge < -0.3 is 46.7 Å². The van der Waals surface area contributed by atoms with Crippen LogP contribution in [0, 0.1) is 11.6 Å². The number of hydrogen-bond donors (Lipinski definition) is 7. The molecule has 4 aromatic heterocycles. The van der Waals surface area contributed by atoms with Crippen LogP contribution in [0.5, 0.6) is 0 Å². The van der Waals surface area contributed by atoms with Crippen molar-refractivity contribution in [3.8, 4) is 22.3 Å². The second-order valence-corrected chi connectivity index (χ2v) is 26.4. The first kappa shape index (κ1) is 73.3. The first-order valence-electron chi connectivity index (χ1n) is 35.7. The van der Waals surface area contributed by atoms with Gasteiger partial charge in [-0.05, 0) is 159 Å². The van der Waals surface area contributed by atoms with E-state index in [0.29, 0.717) is 122 Å². The third-order valence-corrected chi connectivity index (χ3v) is 19.4. The molecule has 0 atom stereocenters. The number of aryl methyl sites for hydroxylation is 4. The van der Waals surface area contributed by atoms with Gasteiger partial charge >= 0.3 is 0 Å². The van der Waals surface area contributed by atoms with E-state index in [-0.39, 0.29) is 79.4 Å². The van der Waals surface area contributed by atoms with Crippen LogP contribution in [0.4, 0.5) is 20.2 Å². The highest BCUT2D eigenvalue weighted by atomic mass is 35.5. The maximum absolute atomic E-state index is 15.1. The average molecular weight is 1430 g/mol. The first-order chi connectivity index (χ1) is 50.7. The zero-order valence-electron chi connectivity index (χ0n) is 59.0. The van der Waals surface area contributed by atoms with Gasteiger partial charge in [0.05, 0.1) is 41.1 Å². The predicted molar refractivity (Wildman–Crippen MR) is 399 cm³/mol. The van der Waals surface area contributed by atoms with Gasteiger partial charge in [0.25, 0.3) is 23.6 Å². The van der Waals surface area contributed by atoms with Crippen LogP contribution >= 0.6 is 11.6 Å². The van der Waals surface area contributed by atoms with Crippen molar-refractivity contribution >= 4 is 74.6 Å². The number of nitrogens with zero attached hydrogens (tertiary/aromatic N) is 7. The van der Waals surface area contributed by atoms with Crippen molar-refractivity contribution in [1.29, 1.82) is 0 Å². The molecule has 0 radical (unpaired) electrons. The number of nitrogens with one attached hydrogen (secondary N) is 7. The molecule has 3 aliphatic heterocycles. The highest BCUT2D eigenvalue weighted by molar-refractivity contribution is 6.17. The maximum Gasteiger partial charge on any atom is 0.251 e. The van der Waals surface area contributed by atoms with Gasteiger partial charge in [-0.2, -0.15) is 10.2 Å². The topological polar surface area (TPSA) is 253 Å². The number of carbonyl (C=O) groups is 5. The van der Waals surface area contributed by atoms with Crippen LogP contribution in [0.25, 0.3) is 44.3 Å². The normalized spacial score (nSPS) is 14.3. The smallest absolute Gasteiger partial charge is 0.251 e. The highest BCUT2D eigenvalue weighted by Gasteiger charge is 2.26. The van der Waals surface area contributed by atoms with Crippen LogP contribution in [0.2, 0.25) is 0 Å². The van der Waals surface area contributed by atoms with E-state index in [1.165, 1.54) is 12.1 Å². The summed E-state index contributed by atoms with van der Waals surface area (Å²) in [6.45, 7) is 15.5. The molecule has 540 valence electrons. The summed E-state index contributed by atoms with van der Waals surface area (Å²) >= 11 is 5.97. The van der Waals surface area contributed by atoms with Crippen LogP contribution in [0.3, 0.4) is 0 Å². The quantitative estimate of drug-likeness (QED) is 0.0263. The first-order valence-corrected chi connectivity index (χ1v) is 36.3. The molecule has 5 amide bonds.